The van der Waals surface area contributed by atoms with Crippen LogP contribution in [0.4, 0.5) is 32.0 Å². The summed E-state index contributed by atoms with van der Waals surface area (Å²) < 4.78 is 78.3. The average molecular weight is 417 g/mol. The Labute approximate surface area is 160 Å². The molecule has 1 aliphatic rings. The van der Waals surface area contributed by atoms with Crippen LogP contribution in [0, 0.1) is 23.4 Å². The zero-order chi connectivity index (χ0) is 21.5. The van der Waals surface area contributed by atoms with E-state index in [1.807, 2.05) is 5.32 Å². The number of likely N-dealkylation sites (N-methyl/N-ethyl adjacent to an activating group) is 1. The Bertz CT molecular complexity index is 961. The van der Waals surface area contributed by atoms with Crippen LogP contribution < -0.4 is 5.32 Å². The number of carbonyl (C=O) groups excluding carboxylic acids is 2. The summed E-state index contributed by atoms with van der Waals surface area (Å²) >= 11 is 0. The first kappa shape index (κ1) is 20.6. The summed E-state index contributed by atoms with van der Waals surface area (Å²) in [6.07, 6.45) is -3.74. The number of anilines is 1. The Balaban J connectivity index is 1.88. The Morgan fingerprint density at radius 3 is 2.41 bits per heavy atom. The third-order valence-electron chi connectivity index (χ3n) is 4.60. The van der Waals surface area contributed by atoms with Crippen molar-refractivity contribution in [1.82, 2.24) is 9.88 Å². The molecule has 0 spiro atoms. The maximum atomic E-state index is 13.8. The Morgan fingerprint density at radius 1 is 1.14 bits per heavy atom. The zero-order valence-corrected chi connectivity index (χ0v) is 14.7. The SMILES string of the molecule is CN1C[C@H](c2ccc(C(F)(F)F)nc2)[C@@H](C(=O)Nc2ccc(F)c(F)c2F)C1=O. The first-order valence-electron chi connectivity index (χ1n) is 8.23. The van der Waals surface area contributed by atoms with Gasteiger partial charge in [-0.15, -0.1) is 0 Å². The Hall–Kier alpha value is -3.11. The van der Waals surface area contributed by atoms with E-state index < -0.39 is 58.7 Å². The second-order valence-corrected chi connectivity index (χ2v) is 6.49. The number of amides is 2. The van der Waals surface area contributed by atoms with Crippen molar-refractivity contribution in [3.63, 3.8) is 0 Å². The van der Waals surface area contributed by atoms with Crippen molar-refractivity contribution in [1.29, 1.82) is 0 Å². The van der Waals surface area contributed by atoms with Crippen molar-refractivity contribution in [3.05, 3.63) is 59.2 Å². The fourth-order valence-corrected chi connectivity index (χ4v) is 3.12. The van der Waals surface area contributed by atoms with Gasteiger partial charge in [0.1, 0.15) is 11.6 Å². The lowest BCUT2D eigenvalue weighted by atomic mass is 9.88. The summed E-state index contributed by atoms with van der Waals surface area (Å²) in [7, 11) is 1.39. The van der Waals surface area contributed by atoms with Crippen molar-refractivity contribution < 1.29 is 35.9 Å². The lowest BCUT2D eigenvalue weighted by Crippen LogP contribution is -2.33. The van der Waals surface area contributed by atoms with Crippen LogP contribution >= 0.6 is 0 Å². The molecular weight excluding hydrogens is 404 g/mol. The molecule has 1 fully saturated rings. The van der Waals surface area contributed by atoms with Gasteiger partial charge < -0.3 is 10.2 Å². The normalized spacial score (nSPS) is 19.6. The fraction of sp³-hybridized carbons (Fsp3) is 0.278. The summed E-state index contributed by atoms with van der Waals surface area (Å²) in [5.41, 5.74) is -1.61. The van der Waals surface area contributed by atoms with Crippen molar-refractivity contribution in [2.45, 2.75) is 12.1 Å². The van der Waals surface area contributed by atoms with E-state index in [1.165, 1.54) is 11.9 Å². The Kier molecular flexibility index (Phi) is 5.24. The van der Waals surface area contributed by atoms with Gasteiger partial charge in [0.05, 0.1) is 5.69 Å². The predicted molar refractivity (Wildman–Crippen MR) is 88.1 cm³/mol. The zero-order valence-electron chi connectivity index (χ0n) is 14.7. The quantitative estimate of drug-likeness (QED) is 0.474. The minimum absolute atomic E-state index is 0.00419. The molecule has 0 radical (unpaired) electrons. The molecule has 0 saturated carbocycles. The number of aromatic nitrogens is 1. The van der Waals surface area contributed by atoms with Gasteiger partial charge in [-0.25, -0.2) is 13.2 Å². The molecule has 1 saturated heterocycles. The lowest BCUT2D eigenvalue weighted by Gasteiger charge is -2.17. The van der Waals surface area contributed by atoms with Crippen molar-refractivity contribution >= 4 is 17.5 Å². The number of rotatable bonds is 3. The van der Waals surface area contributed by atoms with Crippen LogP contribution in [0.1, 0.15) is 17.2 Å². The molecule has 2 aromatic rings. The van der Waals surface area contributed by atoms with E-state index in [0.29, 0.717) is 6.07 Å². The topological polar surface area (TPSA) is 62.3 Å². The molecule has 2 heterocycles. The number of benzene rings is 1. The van der Waals surface area contributed by atoms with Crippen molar-refractivity contribution in [3.8, 4) is 0 Å². The van der Waals surface area contributed by atoms with Gasteiger partial charge in [-0.1, -0.05) is 6.07 Å². The first-order chi connectivity index (χ1) is 13.5. The van der Waals surface area contributed by atoms with Crippen molar-refractivity contribution in [2.24, 2.45) is 5.92 Å². The minimum atomic E-state index is -4.65. The molecule has 1 aliphatic heterocycles. The number of halogens is 6. The molecule has 0 aliphatic carbocycles. The summed E-state index contributed by atoms with van der Waals surface area (Å²) in [6.45, 7) is 0.00419. The standard InChI is InChI=1S/C18H13F6N3O2/c1-27-7-9(8-2-5-12(25-6-8)18(22,23)24)13(17(27)29)16(28)26-11-4-3-10(19)14(20)15(11)21/h2-6,9,13H,7H2,1H3,(H,26,28)/t9-,13+/m1/s1. The van der Waals surface area contributed by atoms with Crippen LogP contribution in [0.25, 0.3) is 0 Å². The smallest absolute Gasteiger partial charge is 0.344 e. The maximum absolute atomic E-state index is 13.8. The first-order valence-corrected chi connectivity index (χ1v) is 8.23. The van der Waals surface area contributed by atoms with Crippen LogP contribution in [0.15, 0.2) is 30.5 Å². The molecule has 2 atom stereocenters. The minimum Gasteiger partial charge on any atom is -0.344 e. The van der Waals surface area contributed by atoms with Crippen LogP contribution in [0.2, 0.25) is 0 Å². The third kappa shape index (κ3) is 3.89. The van der Waals surface area contributed by atoms with E-state index in [0.717, 1.165) is 24.4 Å². The Morgan fingerprint density at radius 2 is 1.83 bits per heavy atom. The summed E-state index contributed by atoms with van der Waals surface area (Å²) in [4.78, 5) is 29.5. The summed E-state index contributed by atoms with van der Waals surface area (Å²) in [6, 6.07) is 3.23. The second kappa shape index (κ2) is 7.37. The van der Waals surface area contributed by atoms with Gasteiger partial charge >= 0.3 is 6.18 Å². The van der Waals surface area contributed by atoms with Gasteiger partial charge in [-0.2, -0.15) is 13.2 Å². The van der Waals surface area contributed by atoms with E-state index >= 15 is 0 Å². The molecule has 0 bridgehead atoms. The highest BCUT2D eigenvalue weighted by atomic mass is 19.4. The van der Waals surface area contributed by atoms with E-state index in [2.05, 4.69) is 4.98 Å². The molecule has 5 nitrogen and oxygen atoms in total. The van der Waals surface area contributed by atoms with Crippen molar-refractivity contribution in [2.75, 3.05) is 18.9 Å². The number of alkyl halides is 3. The number of hydrogen-bond donors (Lipinski definition) is 1. The number of likely N-dealkylation sites (tertiary alicyclic amines) is 1. The largest absolute Gasteiger partial charge is 0.433 e. The summed E-state index contributed by atoms with van der Waals surface area (Å²) in [5.74, 6) is -8.82. The van der Waals surface area contributed by atoms with Crippen LogP contribution in [0.3, 0.4) is 0 Å². The third-order valence-corrected chi connectivity index (χ3v) is 4.60. The van der Waals surface area contributed by atoms with Gasteiger partial charge in [0.25, 0.3) is 0 Å². The fourth-order valence-electron chi connectivity index (χ4n) is 3.12. The highest BCUT2D eigenvalue weighted by Crippen LogP contribution is 2.35. The molecular formula is C18H13F6N3O2. The molecule has 1 aromatic carbocycles. The molecule has 2 amide bonds. The maximum Gasteiger partial charge on any atom is 0.433 e. The molecule has 11 heteroatoms. The monoisotopic (exact) mass is 417 g/mol. The van der Waals surface area contributed by atoms with E-state index in [9.17, 15) is 35.9 Å². The van der Waals surface area contributed by atoms with Gasteiger partial charge in [0, 0.05) is 25.7 Å². The number of carbonyl (C=O) groups is 2. The summed E-state index contributed by atoms with van der Waals surface area (Å²) in [5, 5.41) is 2.04. The highest BCUT2D eigenvalue weighted by Gasteiger charge is 2.45. The molecule has 29 heavy (non-hydrogen) atoms. The van der Waals surface area contributed by atoms with Crippen LogP contribution in [-0.2, 0) is 15.8 Å². The van der Waals surface area contributed by atoms with Gasteiger partial charge in [0.15, 0.2) is 17.5 Å². The van der Waals surface area contributed by atoms with E-state index in [1.54, 1.807) is 0 Å². The van der Waals surface area contributed by atoms with E-state index in [4.69, 9.17) is 0 Å². The molecule has 1 N–H and O–H groups in total. The predicted octanol–water partition coefficient (Wildman–Crippen LogP) is 3.33. The molecule has 3 rings (SSSR count). The number of hydrogen-bond acceptors (Lipinski definition) is 3. The van der Waals surface area contributed by atoms with Gasteiger partial charge in [-0.3, -0.25) is 14.6 Å². The van der Waals surface area contributed by atoms with E-state index in [-0.39, 0.29) is 12.1 Å². The number of pyridine rings is 1. The molecule has 154 valence electrons. The van der Waals surface area contributed by atoms with Gasteiger partial charge in [0.2, 0.25) is 11.8 Å². The lowest BCUT2D eigenvalue weighted by molar-refractivity contribution is -0.141. The highest BCUT2D eigenvalue weighted by molar-refractivity contribution is 6.08. The second-order valence-electron chi connectivity index (χ2n) is 6.49. The molecule has 1 aromatic heterocycles. The van der Waals surface area contributed by atoms with Gasteiger partial charge in [-0.05, 0) is 23.8 Å². The number of nitrogens with one attached hydrogen (secondary N) is 1. The van der Waals surface area contributed by atoms with Crippen LogP contribution in [-0.4, -0.2) is 35.3 Å². The average Bonchev–Trinajstić information content (AvgIpc) is 2.96. The number of nitrogens with zero attached hydrogens (tertiary/aromatic N) is 2. The molecule has 0 unspecified atom stereocenters. The van der Waals surface area contributed by atoms with Crippen LogP contribution in [0.5, 0.6) is 0 Å².